The average Bonchev–Trinajstić information content (AvgIpc) is 2.85. The number of anilines is 1. The lowest BCUT2D eigenvalue weighted by atomic mass is 9.88. The number of aliphatic hydroxyl groups excluding tert-OH is 1. The summed E-state index contributed by atoms with van der Waals surface area (Å²) in [5.41, 5.74) is -1.38. The van der Waals surface area contributed by atoms with Gasteiger partial charge in [0, 0.05) is 35.8 Å². The Labute approximate surface area is 247 Å². The number of pyridine rings is 1. The predicted molar refractivity (Wildman–Crippen MR) is 153 cm³/mol. The molecule has 0 bridgehead atoms. The van der Waals surface area contributed by atoms with Gasteiger partial charge in [-0.05, 0) is 89.6 Å². The molecule has 1 heterocycles. The fourth-order valence-electron chi connectivity index (χ4n) is 4.53. The molecule has 12 heteroatoms. The summed E-state index contributed by atoms with van der Waals surface area (Å²) in [6.07, 6.45) is 0.00948. The molecule has 1 aliphatic carbocycles. The number of benzene rings is 2. The Balaban J connectivity index is 1.59. The maximum atomic E-state index is 15.4. The highest BCUT2D eigenvalue weighted by molar-refractivity contribution is 6.09. The van der Waals surface area contributed by atoms with E-state index in [0.29, 0.717) is 28.5 Å². The molecular formula is C31H36F3N3O6. The number of rotatable bonds is 7. The second-order valence-corrected chi connectivity index (χ2v) is 12.4. The molecule has 43 heavy (non-hydrogen) atoms. The lowest BCUT2D eigenvalue weighted by Gasteiger charge is -2.36. The van der Waals surface area contributed by atoms with Crippen molar-refractivity contribution in [3.63, 3.8) is 0 Å². The number of hydrogen-bond donors (Lipinski definition) is 2. The molecule has 0 radical (unpaired) electrons. The molecule has 4 rings (SSSR count). The van der Waals surface area contributed by atoms with Crippen molar-refractivity contribution in [2.45, 2.75) is 90.9 Å². The second-order valence-electron chi connectivity index (χ2n) is 12.4. The van der Waals surface area contributed by atoms with E-state index in [2.05, 4.69) is 10.3 Å². The first-order chi connectivity index (χ1) is 20.0. The van der Waals surface area contributed by atoms with Gasteiger partial charge in [-0.15, -0.1) is 0 Å². The van der Waals surface area contributed by atoms with Gasteiger partial charge in [-0.2, -0.15) is 4.90 Å². The van der Waals surface area contributed by atoms with Crippen LogP contribution in [-0.4, -0.2) is 45.6 Å². The largest absolute Gasteiger partial charge is 0.487 e. The Hall–Kier alpha value is -3.90. The highest BCUT2D eigenvalue weighted by Crippen LogP contribution is 2.32. The molecule has 1 saturated carbocycles. The number of nitrogens with zero attached hydrogens (tertiary/aromatic N) is 2. The standard InChI is InChI=1S/C31H36F3N3O6/c1-30(2,3)42-28(39)37(29(40)43-31(4,5)6)27-13-21-22(14-36-27)17(16-38)9-24(33)23(21)15-35-19-11-20(12-19)41-26-8-7-18(32)10-25(26)34/h7-10,13-14,19-20,35,38H,11-12,15-16H2,1-6H3. The maximum Gasteiger partial charge on any atom is 0.425 e. The second kappa shape index (κ2) is 12.4. The van der Waals surface area contributed by atoms with Gasteiger partial charge >= 0.3 is 12.2 Å². The number of imide groups is 1. The lowest BCUT2D eigenvalue weighted by molar-refractivity contribution is 0.0429. The van der Waals surface area contributed by atoms with Crippen molar-refractivity contribution >= 4 is 28.8 Å². The SMILES string of the molecule is CC(C)(C)OC(=O)N(C(=O)OC(C)(C)C)c1cc2c(CNC3CC(Oc4ccc(F)cc4F)C3)c(F)cc(CO)c2cn1. The lowest BCUT2D eigenvalue weighted by Crippen LogP contribution is -2.46. The number of amides is 2. The molecule has 2 aromatic carbocycles. The molecule has 0 atom stereocenters. The Bertz CT molecular complexity index is 1490. The van der Waals surface area contributed by atoms with E-state index in [4.69, 9.17) is 14.2 Å². The number of ether oxygens (including phenoxy) is 3. The van der Waals surface area contributed by atoms with E-state index >= 15 is 4.39 Å². The van der Waals surface area contributed by atoms with Crippen molar-refractivity contribution in [3.8, 4) is 5.75 Å². The molecule has 1 aromatic heterocycles. The molecule has 0 spiro atoms. The van der Waals surface area contributed by atoms with E-state index in [0.717, 1.165) is 12.1 Å². The van der Waals surface area contributed by atoms with Gasteiger partial charge in [0.05, 0.1) is 6.61 Å². The van der Waals surface area contributed by atoms with E-state index in [-0.39, 0.29) is 41.4 Å². The Morgan fingerprint density at radius 2 is 1.58 bits per heavy atom. The van der Waals surface area contributed by atoms with E-state index < -0.39 is 47.4 Å². The minimum absolute atomic E-state index is 0.0407. The summed E-state index contributed by atoms with van der Waals surface area (Å²) < 4.78 is 59.0. The predicted octanol–water partition coefficient (Wildman–Crippen LogP) is 6.52. The van der Waals surface area contributed by atoms with E-state index in [1.807, 2.05) is 0 Å². The zero-order chi connectivity index (χ0) is 31.7. The normalized spacial score (nSPS) is 16.9. The number of carbonyl (C=O) groups is 2. The highest BCUT2D eigenvalue weighted by atomic mass is 19.1. The van der Waals surface area contributed by atoms with Gasteiger partial charge in [0.15, 0.2) is 11.6 Å². The zero-order valence-corrected chi connectivity index (χ0v) is 25.0. The quantitative estimate of drug-likeness (QED) is 0.314. The van der Waals surface area contributed by atoms with Crippen LogP contribution in [0.25, 0.3) is 10.8 Å². The molecular weight excluding hydrogens is 567 g/mol. The highest BCUT2D eigenvalue weighted by Gasteiger charge is 2.35. The maximum absolute atomic E-state index is 15.4. The van der Waals surface area contributed by atoms with Crippen LogP contribution in [0, 0.1) is 17.5 Å². The van der Waals surface area contributed by atoms with Crippen LogP contribution in [0.2, 0.25) is 0 Å². The molecule has 9 nitrogen and oxygen atoms in total. The molecule has 1 fully saturated rings. The number of hydrogen-bond acceptors (Lipinski definition) is 8. The number of nitrogens with one attached hydrogen (secondary N) is 1. The van der Waals surface area contributed by atoms with Crippen LogP contribution < -0.4 is 15.0 Å². The number of fused-ring (bicyclic) bond motifs is 1. The Kier molecular flexibility index (Phi) is 9.22. The summed E-state index contributed by atoms with van der Waals surface area (Å²) >= 11 is 0. The molecule has 2 N–H and O–H groups in total. The minimum Gasteiger partial charge on any atom is -0.487 e. The fraction of sp³-hybridized carbons (Fsp3) is 0.452. The topological polar surface area (TPSA) is 110 Å². The van der Waals surface area contributed by atoms with E-state index in [9.17, 15) is 23.5 Å². The van der Waals surface area contributed by atoms with Crippen molar-refractivity contribution < 1.29 is 42.1 Å². The van der Waals surface area contributed by atoms with Crippen LogP contribution in [0.5, 0.6) is 5.75 Å². The van der Waals surface area contributed by atoms with Gasteiger partial charge in [0.1, 0.15) is 34.8 Å². The third kappa shape index (κ3) is 7.94. The van der Waals surface area contributed by atoms with Crippen LogP contribution in [0.3, 0.4) is 0 Å². The molecule has 232 valence electrons. The van der Waals surface area contributed by atoms with Crippen LogP contribution in [0.4, 0.5) is 28.6 Å². The molecule has 0 saturated heterocycles. The third-order valence-electron chi connectivity index (χ3n) is 6.55. The van der Waals surface area contributed by atoms with Crippen molar-refractivity contribution in [1.29, 1.82) is 0 Å². The zero-order valence-electron chi connectivity index (χ0n) is 25.0. The Morgan fingerprint density at radius 3 is 2.14 bits per heavy atom. The molecule has 1 aliphatic rings. The smallest absolute Gasteiger partial charge is 0.425 e. The van der Waals surface area contributed by atoms with Crippen molar-refractivity contribution in [3.05, 3.63) is 65.1 Å². The summed E-state index contributed by atoms with van der Waals surface area (Å²) in [6, 6.07) is 5.62. The van der Waals surface area contributed by atoms with Gasteiger partial charge in [-0.1, -0.05) is 0 Å². The number of halogens is 3. The molecule has 0 unspecified atom stereocenters. The van der Waals surface area contributed by atoms with Gasteiger partial charge in [0.25, 0.3) is 0 Å². The van der Waals surface area contributed by atoms with Gasteiger partial charge < -0.3 is 24.6 Å². The molecule has 3 aromatic rings. The van der Waals surface area contributed by atoms with Crippen LogP contribution in [0.15, 0.2) is 36.5 Å². The van der Waals surface area contributed by atoms with E-state index in [1.165, 1.54) is 24.4 Å². The monoisotopic (exact) mass is 603 g/mol. The third-order valence-corrected chi connectivity index (χ3v) is 6.55. The van der Waals surface area contributed by atoms with Crippen molar-refractivity contribution in [1.82, 2.24) is 10.3 Å². The van der Waals surface area contributed by atoms with Crippen molar-refractivity contribution in [2.75, 3.05) is 4.90 Å². The summed E-state index contributed by atoms with van der Waals surface area (Å²) in [7, 11) is 0. The first-order valence-electron chi connectivity index (χ1n) is 13.9. The summed E-state index contributed by atoms with van der Waals surface area (Å²) in [6.45, 7) is 9.45. The molecule has 0 aliphatic heterocycles. The molecule has 2 amide bonds. The number of carbonyl (C=O) groups excluding carboxylic acids is 2. The van der Waals surface area contributed by atoms with Gasteiger partial charge in [-0.3, -0.25) is 0 Å². The summed E-state index contributed by atoms with van der Waals surface area (Å²) in [5.74, 6) is -2.28. The van der Waals surface area contributed by atoms with Gasteiger partial charge in [-0.25, -0.2) is 27.7 Å². The minimum atomic E-state index is -1.02. The number of aromatic nitrogens is 1. The summed E-state index contributed by atoms with van der Waals surface area (Å²) in [5, 5.41) is 13.9. The van der Waals surface area contributed by atoms with Crippen LogP contribution in [-0.2, 0) is 22.6 Å². The van der Waals surface area contributed by atoms with E-state index in [1.54, 1.807) is 41.5 Å². The van der Waals surface area contributed by atoms with Crippen molar-refractivity contribution in [2.24, 2.45) is 0 Å². The summed E-state index contributed by atoms with van der Waals surface area (Å²) in [4.78, 5) is 31.2. The average molecular weight is 604 g/mol. The Morgan fingerprint density at radius 1 is 0.953 bits per heavy atom. The van der Waals surface area contributed by atoms with Crippen LogP contribution >= 0.6 is 0 Å². The van der Waals surface area contributed by atoms with Crippen LogP contribution in [0.1, 0.15) is 65.5 Å². The fourth-order valence-corrected chi connectivity index (χ4v) is 4.53. The first kappa shape index (κ1) is 32.0. The number of aliphatic hydroxyl groups is 1. The first-order valence-corrected chi connectivity index (χ1v) is 13.9. The van der Waals surface area contributed by atoms with Gasteiger partial charge in [0.2, 0.25) is 0 Å².